The molecule has 0 saturated heterocycles. The minimum absolute atomic E-state index is 0.661. The van der Waals surface area contributed by atoms with E-state index in [2.05, 4.69) is 49.3 Å². The molecule has 2 unspecified atom stereocenters. The van der Waals surface area contributed by atoms with Crippen molar-refractivity contribution in [2.45, 2.75) is 58.5 Å². The lowest BCUT2D eigenvalue weighted by molar-refractivity contribution is 0.336. The lowest BCUT2D eigenvalue weighted by atomic mass is 9.86. The van der Waals surface area contributed by atoms with E-state index in [1.807, 2.05) is 0 Å². The number of benzene rings is 1. The number of hydrogen-bond donors (Lipinski definition) is 1. The largest absolute Gasteiger partial charge is 0.372 e. The van der Waals surface area contributed by atoms with Crippen LogP contribution in [0, 0.1) is 5.92 Å². The highest BCUT2D eigenvalue weighted by Crippen LogP contribution is 2.31. The zero-order valence-electron chi connectivity index (χ0n) is 13.7. The summed E-state index contributed by atoms with van der Waals surface area (Å²) in [4.78, 5) is 2.42. The van der Waals surface area contributed by atoms with Gasteiger partial charge in [-0.15, -0.1) is 0 Å². The third-order valence-corrected chi connectivity index (χ3v) is 4.99. The quantitative estimate of drug-likeness (QED) is 0.755. The van der Waals surface area contributed by atoms with E-state index in [0.29, 0.717) is 6.04 Å². The molecule has 3 heteroatoms. The van der Waals surface area contributed by atoms with Crippen LogP contribution >= 0.6 is 11.6 Å². The van der Waals surface area contributed by atoms with Crippen molar-refractivity contribution >= 4 is 17.3 Å². The molecule has 0 spiro atoms. The van der Waals surface area contributed by atoms with E-state index in [-0.39, 0.29) is 0 Å². The molecule has 1 aliphatic rings. The summed E-state index contributed by atoms with van der Waals surface area (Å²) in [5.74, 6) is 0.846. The van der Waals surface area contributed by atoms with Crippen LogP contribution in [0.2, 0.25) is 5.02 Å². The molecule has 2 rings (SSSR count). The lowest BCUT2D eigenvalue weighted by Gasteiger charge is -2.35. The predicted molar refractivity (Wildman–Crippen MR) is 93.3 cm³/mol. The Morgan fingerprint density at radius 2 is 2.14 bits per heavy atom. The Balaban J connectivity index is 2.01. The van der Waals surface area contributed by atoms with E-state index < -0.39 is 0 Å². The zero-order valence-corrected chi connectivity index (χ0v) is 14.4. The highest BCUT2D eigenvalue weighted by Gasteiger charge is 2.22. The van der Waals surface area contributed by atoms with Crippen molar-refractivity contribution < 1.29 is 0 Å². The minimum atomic E-state index is 0.661. The lowest BCUT2D eigenvalue weighted by Crippen LogP contribution is -2.35. The van der Waals surface area contributed by atoms with Gasteiger partial charge < -0.3 is 10.2 Å². The van der Waals surface area contributed by atoms with E-state index in [1.165, 1.54) is 36.9 Å². The van der Waals surface area contributed by atoms with E-state index >= 15 is 0 Å². The van der Waals surface area contributed by atoms with Gasteiger partial charge in [0.15, 0.2) is 0 Å². The molecule has 0 bridgehead atoms. The van der Waals surface area contributed by atoms with Gasteiger partial charge in [-0.1, -0.05) is 44.4 Å². The van der Waals surface area contributed by atoms with Crippen molar-refractivity contribution in [1.82, 2.24) is 5.32 Å². The van der Waals surface area contributed by atoms with Crippen molar-refractivity contribution in [3.05, 3.63) is 28.8 Å². The molecule has 0 aliphatic heterocycles. The van der Waals surface area contributed by atoms with Crippen LogP contribution in [0.1, 0.15) is 51.5 Å². The number of nitrogens with one attached hydrogen (secondary N) is 1. The van der Waals surface area contributed by atoms with Gasteiger partial charge in [0.05, 0.1) is 0 Å². The molecule has 1 aliphatic carbocycles. The van der Waals surface area contributed by atoms with Crippen LogP contribution in [-0.4, -0.2) is 19.6 Å². The first-order valence-electron chi connectivity index (χ1n) is 8.33. The first-order chi connectivity index (χ1) is 10.1. The van der Waals surface area contributed by atoms with Crippen LogP contribution in [-0.2, 0) is 6.54 Å². The molecule has 0 heterocycles. The average molecular weight is 309 g/mol. The van der Waals surface area contributed by atoms with Gasteiger partial charge in [-0.25, -0.2) is 0 Å². The van der Waals surface area contributed by atoms with Crippen molar-refractivity contribution in [3.63, 3.8) is 0 Å². The van der Waals surface area contributed by atoms with Crippen molar-refractivity contribution in [2.75, 3.05) is 18.5 Å². The Kier molecular flexibility index (Phi) is 6.38. The second-order valence-corrected chi connectivity index (χ2v) is 6.90. The first-order valence-corrected chi connectivity index (χ1v) is 8.71. The number of anilines is 1. The monoisotopic (exact) mass is 308 g/mol. The standard InChI is InChI=1S/C18H29ClN2/c1-4-10-20-13-15-8-9-17(12-18(15)19)21(3)16-7-5-6-14(2)11-16/h8-9,12,14,16,20H,4-7,10-11,13H2,1-3H3. The fourth-order valence-corrected chi connectivity index (χ4v) is 3.51. The highest BCUT2D eigenvalue weighted by atomic mass is 35.5. The molecule has 21 heavy (non-hydrogen) atoms. The molecule has 0 radical (unpaired) electrons. The summed E-state index contributed by atoms with van der Waals surface area (Å²) in [6.07, 6.45) is 6.49. The molecule has 1 aromatic carbocycles. The highest BCUT2D eigenvalue weighted by molar-refractivity contribution is 6.31. The summed E-state index contributed by atoms with van der Waals surface area (Å²) in [6, 6.07) is 7.18. The maximum absolute atomic E-state index is 6.45. The Morgan fingerprint density at radius 3 is 2.81 bits per heavy atom. The van der Waals surface area contributed by atoms with Crippen LogP contribution in [0.15, 0.2) is 18.2 Å². The van der Waals surface area contributed by atoms with Crippen LogP contribution in [0.3, 0.4) is 0 Å². The molecule has 0 amide bonds. The molecular formula is C18H29ClN2. The summed E-state index contributed by atoms with van der Waals surface area (Å²) < 4.78 is 0. The van der Waals surface area contributed by atoms with Gasteiger partial charge in [0, 0.05) is 30.3 Å². The van der Waals surface area contributed by atoms with Gasteiger partial charge in [0.1, 0.15) is 0 Å². The van der Waals surface area contributed by atoms with Crippen LogP contribution < -0.4 is 10.2 Å². The van der Waals surface area contributed by atoms with Gasteiger partial charge in [0.25, 0.3) is 0 Å². The first kappa shape index (κ1) is 16.6. The van der Waals surface area contributed by atoms with E-state index in [1.54, 1.807) is 0 Å². The molecule has 0 aromatic heterocycles. The second kappa shape index (κ2) is 8.05. The summed E-state index contributed by atoms with van der Waals surface area (Å²) >= 11 is 6.45. The van der Waals surface area contributed by atoms with Crippen molar-refractivity contribution in [1.29, 1.82) is 0 Å². The maximum Gasteiger partial charge on any atom is 0.0471 e. The van der Waals surface area contributed by atoms with Gasteiger partial charge >= 0.3 is 0 Å². The van der Waals surface area contributed by atoms with Crippen LogP contribution in [0.25, 0.3) is 0 Å². The second-order valence-electron chi connectivity index (χ2n) is 6.49. The summed E-state index contributed by atoms with van der Waals surface area (Å²) in [5.41, 5.74) is 2.44. The molecule has 2 atom stereocenters. The minimum Gasteiger partial charge on any atom is -0.372 e. The maximum atomic E-state index is 6.45. The number of rotatable bonds is 6. The number of nitrogens with zero attached hydrogens (tertiary/aromatic N) is 1. The van der Waals surface area contributed by atoms with Gasteiger partial charge in [0.2, 0.25) is 0 Å². The van der Waals surface area contributed by atoms with E-state index in [0.717, 1.165) is 30.5 Å². The van der Waals surface area contributed by atoms with E-state index in [4.69, 9.17) is 11.6 Å². The normalized spacial score (nSPS) is 22.3. The molecule has 1 aromatic rings. The predicted octanol–water partition coefficient (Wildman–Crippen LogP) is 4.85. The number of hydrogen-bond acceptors (Lipinski definition) is 2. The van der Waals surface area contributed by atoms with Gasteiger partial charge in [-0.05, 0) is 49.4 Å². The van der Waals surface area contributed by atoms with Gasteiger partial charge in [-0.3, -0.25) is 0 Å². The fourth-order valence-electron chi connectivity index (χ4n) is 3.26. The third-order valence-electron chi connectivity index (χ3n) is 4.64. The Labute approximate surface area is 134 Å². The summed E-state index contributed by atoms with van der Waals surface area (Å²) in [5, 5.41) is 4.29. The average Bonchev–Trinajstić information content (AvgIpc) is 2.48. The Morgan fingerprint density at radius 1 is 1.33 bits per heavy atom. The van der Waals surface area contributed by atoms with Crippen LogP contribution in [0.4, 0.5) is 5.69 Å². The molecule has 1 saturated carbocycles. The fraction of sp³-hybridized carbons (Fsp3) is 0.667. The van der Waals surface area contributed by atoms with Crippen molar-refractivity contribution in [2.24, 2.45) is 5.92 Å². The molecule has 118 valence electrons. The third kappa shape index (κ3) is 4.62. The summed E-state index contributed by atoms with van der Waals surface area (Å²) in [6.45, 7) is 6.45. The molecule has 2 nitrogen and oxygen atoms in total. The SMILES string of the molecule is CCCNCc1ccc(N(C)C2CCCC(C)C2)cc1Cl. The topological polar surface area (TPSA) is 15.3 Å². The van der Waals surface area contributed by atoms with Crippen molar-refractivity contribution in [3.8, 4) is 0 Å². The molecule has 1 fully saturated rings. The Hall–Kier alpha value is -0.730. The smallest absolute Gasteiger partial charge is 0.0471 e. The molecular weight excluding hydrogens is 280 g/mol. The number of halogens is 1. The summed E-state index contributed by atoms with van der Waals surface area (Å²) in [7, 11) is 2.21. The van der Waals surface area contributed by atoms with Gasteiger partial charge in [-0.2, -0.15) is 0 Å². The Bertz CT molecular complexity index is 447. The molecule has 1 N–H and O–H groups in total. The van der Waals surface area contributed by atoms with E-state index in [9.17, 15) is 0 Å². The zero-order chi connectivity index (χ0) is 15.2. The van der Waals surface area contributed by atoms with Crippen LogP contribution in [0.5, 0.6) is 0 Å².